The third-order valence-corrected chi connectivity index (χ3v) is 16.6. The highest BCUT2D eigenvalue weighted by atomic mass is 28.4. The van der Waals surface area contributed by atoms with E-state index in [2.05, 4.69) is 84.5 Å². The molecule has 1 aromatic rings. The summed E-state index contributed by atoms with van der Waals surface area (Å²) in [5.74, 6) is 0.167. The second kappa shape index (κ2) is 9.15. The maximum absolute atomic E-state index is 11.6. The van der Waals surface area contributed by atoms with Crippen LogP contribution in [0.4, 0.5) is 11.4 Å². The van der Waals surface area contributed by atoms with Crippen LogP contribution in [0.5, 0.6) is 0 Å². The lowest BCUT2D eigenvalue weighted by Gasteiger charge is -2.51. The molecule has 1 saturated heterocycles. The number of anilines is 1. The Morgan fingerprint density at radius 2 is 1.56 bits per heavy atom. The molecule has 0 amide bonds. The Morgan fingerprint density at radius 1 is 1.03 bits per heavy atom. The van der Waals surface area contributed by atoms with Gasteiger partial charge in [0.05, 0.1) is 17.1 Å². The maximum atomic E-state index is 11.6. The Morgan fingerprint density at radius 3 is 2.06 bits per heavy atom. The third kappa shape index (κ3) is 5.79. The molecule has 0 aliphatic carbocycles. The predicted octanol–water partition coefficient (Wildman–Crippen LogP) is 6.23. The van der Waals surface area contributed by atoms with E-state index in [1.807, 2.05) is 0 Å². The van der Waals surface area contributed by atoms with Gasteiger partial charge in [0.25, 0.3) is 0 Å². The zero-order valence-corrected chi connectivity index (χ0v) is 23.9. The van der Waals surface area contributed by atoms with Gasteiger partial charge in [-0.2, -0.15) is 0 Å². The van der Waals surface area contributed by atoms with Crippen molar-refractivity contribution in [2.45, 2.75) is 96.9 Å². The summed E-state index contributed by atoms with van der Waals surface area (Å²) in [6.45, 7) is 26.0. The molecule has 2 rings (SSSR count). The van der Waals surface area contributed by atoms with Gasteiger partial charge in [-0.15, -0.1) is 0 Å². The molecule has 1 aromatic heterocycles. The molecule has 0 N–H and O–H groups in total. The summed E-state index contributed by atoms with van der Waals surface area (Å²) < 4.78 is 13.9. The molecule has 7 nitrogen and oxygen atoms in total. The van der Waals surface area contributed by atoms with E-state index in [1.54, 1.807) is 12.3 Å². The molecule has 0 aromatic carbocycles. The van der Waals surface area contributed by atoms with Crippen LogP contribution in [0.1, 0.15) is 48.5 Å². The fourth-order valence-electron chi connectivity index (χ4n) is 3.57. The van der Waals surface area contributed by atoms with Crippen LogP contribution in [0, 0.1) is 16.0 Å². The van der Waals surface area contributed by atoms with Gasteiger partial charge in [0.2, 0.25) is 0 Å². The third-order valence-electron chi connectivity index (χ3n) is 7.64. The molecule has 0 radical (unpaired) electrons. The molecule has 0 saturated carbocycles. The minimum Gasteiger partial charge on any atom is -0.411 e. The zero-order chi connectivity index (χ0) is 24.7. The fraction of sp³-hybridized carbons (Fsp3) is 0.783. The maximum Gasteiger partial charge on any atom is 0.310 e. The summed E-state index contributed by atoms with van der Waals surface area (Å²) in [6.07, 6.45) is 2.76. The summed E-state index contributed by atoms with van der Waals surface area (Å²) in [5, 5.41) is 11.8. The van der Waals surface area contributed by atoms with Gasteiger partial charge in [0.15, 0.2) is 16.6 Å². The van der Waals surface area contributed by atoms with Crippen molar-refractivity contribution in [1.82, 2.24) is 4.98 Å². The summed E-state index contributed by atoms with van der Waals surface area (Å²) in [4.78, 5) is 17.4. The highest BCUT2D eigenvalue weighted by Crippen LogP contribution is 2.43. The molecule has 1 fully saturated rings. The van der Waals surface area contributed by atoms with Gasteiger partial charge in [-0.1, -0.05) is 48.5 Å². The van der Waals surface area contributed by atoms with Gasteiger partial charge in [0, 0.05) is 25.2 Å². The second-order valence-electron chi connectivity index (χ2n) is 12.3. The number of nitrogens with zero attached hydrogens (tertiary/aromatic N) is 3. The number of hydrogen-bond acceptors (Lipinski definition) is 6. The normalized spacial score (nSPS) is 23.3. The topological polar surface area (TPSA) is 77.7 Å². The van der Waals surface area contributed by atoms with Crippen molar-refractivity contribution >= 4 is 28.0 Å². The molecule has 0 bridgehead atoms. The van der Waals surface area contributed by atoms with Crippen molar-refractivity contribution in [3.8, 4) is 0 Å². The van der Waals surface area contributed by atoms with E-state index in [-0.39, 0.29) is 38.8 Å². The van der Waals surface area contributed by atoms with Gasteiger partial charge in [-0.25, -0.2) is 0 Å². The van der Waals surface area contributed by atoms with Crippen LogP contribution in [0.25, 0.3) is 0 Å². The second-order valence-corrected chi connectivity index (χ2v) is 21.8. The molecule has 0 unspecified atom stereocenters. The van der Waals surface area contributed by atoms with E-state index in [0.717, 1.165) is 0 Å². The van der Waals surface area contributed by atoms with Crippen molar-refractivity contribution in [2.24, 2.45) is 5.92 Å². The average molecular weight is 482 g/mol. The monoisotopic (exact) mass is 481 g/mol. The summed E-state index contributed by atoms with van der Waals surface area (Å²) >= 11 is 0. The number of pyridine rings is 1. The smallest absolute Gasteiger partial charge is 0.310 e. The molecule has 3 atom stereocenters. The Hall–Kier alpha value is -1.30. The number of piperidine rings is 1. The van der Waals surface area contributed by atoms with Crippen molar-refractivity contribution in [1.29, 1.82) is 0 Å². The lowest BCUT2D eigenvalue weighted by Crippen LogP contribution is -2.61. The van der Waals surface area contributed by atoms with Gasteiger partial charge in [0.1, 0.15) is 11.9 Å². The van der Waals surface area contributed by atoms with Gasteiger partial charge in [-0.3, -0.25) is 15.1 Å². The average Bonchev–Trinajstić information content (AvgIpc) is 2.62. The molecule has 1 aliphatic heterocycles. The zero-order valence-electron chi connectivity index (χ0n) is 21.9. The fourth-order valence-corrected chi connectivity index (χ4v) is 6.30. The number of aromatic nitrogens is 1. The van der Waals surface area contributed by atoms with Crippen molar-refractivity contribution < 1.29 is 13.8 Å². The Labute approximate surface area is 196 Å². The van der Waals surface area contributed by atoms with E-state index < -0.39 is 16.6 Å². The lowest BCUT2D eigenvalue weighted by atomic mass is 9.94. The first-order valence-corrected chi connectivity index (χ1v) is 17.4. The molecule has 0 spiro atoms. The first kappa shape index (κ1) is 27.0. The summed E-state index contributed by atoms with van der Waals surface area (Å²) in [7, 11) is -4.12. The molecule has 2 heterocycles. The van der Waals surface area contributed by atoms with E-state index in [0.29, 0.717) is 18.8 Å². The molecular weight excluding hydrogens is 438 g/mol. The van der Waals surface area contributed by atoms with Crippen molar-refractivity contribution in [2.75, 3.05) is 18.0 Å². The van der Waals surface area contributed by atoms with E-state index in [4.69, 9.17) is 8.85 Å². The van der Waals surface area contributed by atoms with Crippen LogP contribution in [0.2, 0.25) is 36.3 Å². The Bertz CT molecular complexity index is 818. The quantitative estimate of drug-likeness (QED) is 0.272. The number of hydrogen-bond donors (Lipinski definition) is 0. The van der Waals surface area contributed by atoms with Gasteiger partial charge >= 0.3 is 5.69 Å². The largest absolute Gasteiger partial charge is 0.411 e. The first-order valence-electron chi connectivity index (χ1n) is 11.6. The molecule has 32 heavy (non-hydrogen) atoms. The summed E-state index contributed by atoms with van der Waals surface area (Å²) in [5.41, 5.74) is 0.640. The minimum absolute atomic E-state index is 0.0366. The highest BCUT2D eigenvalue weighted by Gasteiger charge is 2.48. The number of rotatable bonds is 6. The first-order chi connectivity index (χ1) is 14.4. The van der Waals surface area contributed by atoms with E-state index in [1.165, 1.54) is 6.20 Å². The Balaban J connectivity index is 2.45. The van der Waals surface area contributed by atoms with E-state index in [9.17, 15) is 10.1 Å². The van der Waals surface area contributed by atoms with Crippen LogP contribution in [0.15, 0.2) is 18.5 Å². The van der Waals surface area contributed by atoms with Crippen molar-refractivity contribution in [3.05, 3.63) is 28.6 Å². The number of nitro groups is 1. The van der Waals surface area contributed by atoms with Crippen LogP contribution in [-0.2, 0) is 8.85 Å². The minimum atomic E-state index is -2.09. The van der Waals surface area contributed by atoms with Crippen LogP contribution < -0.4 is 4.90 Å². The molecule has 182 valence electrons. The predicted molar refractivity (Wildman–Crippen MR) is 136 cm³/mol. The summed E-state index contributed by atoms with van der Waals surface area (Å²) in [6, 6.07) is 1.74. The van der Waals surface area contributed by atoms with Gasteiger partial charge in [-0.05, 0) is 42.3 Å². The molecular formula is C23H43N3O4Si2. The lowest BCUT2D eigenvalue weighted by molar-refractivity contribution is -0.384. The Kier molecular flexibility index (Phi) is 7.71. The van der Waals surface area contributed by atoms with Crippen molar-refractivity contribution in [3.63, 3.8) is 0 Å². The molecule has 9 heteroatoms. The SMILES string of the molecule is C[C@H]1CN(c2ccncc2[N+](=O)[O-])C[C@H](O[Si](C)(C)C(C)(C)C)[C@@H]1O[Si](C)(C)C(C)(C)C. The molecule has 1 aliphatic rings. The van der Waals surface area contributed by atoms with Gasteiger partial charge < -0.3 is 13.8 Å². The highest BCUT2D eigenvalue weighted by molar-refractivity contribution is 6.74. The van der Waals surface area contributed by atoms with Crippen LogP contribution in [-0.4, -0.2) is 51.8 Å². The standard InChI is InChI=1S/C23H43N3O4Si2/c1-17-15-25(18-12-13-24-14-19(18)26(27)28)16-20(29-31(8,9)22(2,3)4)21(17)30-32(10,11)23(5,6)7/h12-14,17,20-21H,15-16H2,1-11H3/t17-,20-,21+/m0/s1. The van der Waals surface area contributed by atoms with Crippen LogP contribution in [0.3, 0.4) is 0 Å². The van der Waals surface area contributed by atoms with Crippen LogP contribution >= 0.6 is 0 Å². The van der Waals surface area contributed by atoms with E-state index >= 15 is 0 Å².